The Morgan fingerprint density at radius 3 is 2.60 bits per heavy atom. The summed E-state index contributed by atoms with van der Waals surface area (Å²) in [6, 6.07) is 13.7. The number of nitrogens with zero attached hydrogens (tertiary/aromatic N) is 1. The maximum Gasteiger partial charge on any atom is 0.267 e. The molecule has 0 radical (unpaired) electrons. The number of para-hydroxylation sites is 4. The average Bonchev–Trinajstić information content (AvgIpc) is 2.60. The van der Waals surface area contributed by atoms with Crippen LogP contribution in [-0.4, -0.2) is 40.3 Å². The number of amides is 1. The molecule has 1 aliphatic rings. The first kappa shape index (κ1) is 17.1. The predicted molar refractivity (Wildman–Crippen MR) is 94.7 cm³/mol. The number of carbonyl (C=O) groups excluding carboxylic acids is 1. The molecule has 1 atom stereocenters. The van der Waals surface area contributed by atoms with E-state index in [0.29, 0.717) is 22.9 Å². The number of fused-ring (bicyclic) bond motifs is 1. The molecule has 0 aromatic heterocycles. The van der Waals surface area contributed by atoms with Gasteiger partial charge in [0.05, 0.1) is 31.3 Å². The van der Waals surface area contributed by atoms with Gasteiger partial charge in [-0.15, -0.1) is 0 Å². The van der Waals surface area contributed by atoms with Gasteiger partial charge < -0.3 is 14.8 Å². The van der Waals surface area contributed by atoms with E-state index in [2.05, 4.69) is 5.32 Å². The molecule has 8 heteroatoms. The Labute approximate surface area is 146 Å². The normalized spacial score (nSPS) is 16.6. The van der Waals surface area contributed by atoms with Crippen LogP contribution in [0.4, 0.5) is 11.4 Å². The van der Waals surface area contributed by atoms with Gasteiger partial charge in [0.1, 0.15) is 11.5 Å². The molecule has 1 unspecified atom stereocenters. The van der Waals surface area contributed by atoms with E-state index in [1.54, 1.807) is 48.5 Å². The minimum atomic E-state index is -3.54. The van der Waals surface area contributed by atoms with Crippen molar-refractivity contribution in [3.8, 4) is 11.5 Å². The zero-order valence-electron chi connectivity index (χ0n) is 13.8. The van der Waals surface area contributed by atoms with Crippen molar-refractivity contribution in [1.82, 2.24) is 0 Å². The van der Waals surface area contributed by atoms with Crippen LogP contribution in [0.1, 0.15) is 0 Å². The SMILES string of the molecule is COc1ccccc1NC(=O)C1CN(S(C)(=O)=O)c2ccccc2O1. The van der Waals surface area contributed by atoms with E-state index >= 15 is 0 Å². The first-order valence-corrected chi connectivity index (χ1v) is 9.42. The maximum absolute atomic E-state index is 12.6. The third-order valence-electron chi connectivity index (χ3n) is 3.79. The molecule has 132 valence electrons. The lowest BCUT2D eigenvalue weighted by molar-refractivity contribution is -0.122. The smallest absolute Gasteiger partial charge is 0.267 e. The monoisotopic (exact) mass is 362 g/mol. The van der Waals surface area contributed by atoms with Gasteiger partial charge in [-0.3, -0.25) is 9.10 Å². The van der Waals surface area contributed by atoms with Crippen LogP contribution in [0.15, 0.2) is 48.5 Å². The second-order valence-electron chi connectivity index (χ2n) is 5.56. The van der Waals surface area contributed by atoms with Crippen LogP contribution in [-0.2, 0) is 14.8 Å². The Bertz CT molecular complexity index is 897. The van der Waals surface area contributed by atoms with Gasteiger partial charge in [-0.1, -0.05) is 24.3 Å². The van der Waals surface area contributed by atoms with E-state index in [-0.39, 0.29) is 6.54 Å². The number of carbonyl (C=O) groups is 1. The molecule has 3 rings (SSSR count). The summed E-state index contributed by atoms with van der Waals surface area (Å²) in [6.07, 6.45) is 0.124. The summed E-state index contributed by atoms with van der Waals surface area (Å²) < 4.78 is 36.3. The number of anilines is 2. The van der Waals surface area contributed by atoms with Crippen LogP contribution in [0.3, 0.4) is 0 Å². The molecule has 0 aliphatic carbocycles. The number of benzene rings is 2. The van der Waals surface area contributed by atoms with E-state index in [9.17, 15) is 13.2 Å². The highest BCUT2D eigenvalue weighted by Gasteiger charge is 2.35. The zero-order chi connectivity index (χ0) is 18.0. The molecule has 1 aliphatic heterocycles. The van der Waals surface area contributed by atoms with Crippen LogP contribution in [0.2, 0.25) is 0 Å². The topological polar surface area (TPSA) is 84.9 Å². The number of nitrogens with one attached hydrogen (secondary N) is 1. The molecule has 0 bridgehead atoms. The van der Waals surface area contributed by atoms with Gasteiger partial charge in [0.25, 0.3) is 5.91 Å². The van der Waals surface area contributed by atoms with Gasteiger partial charge in [0.15, 0.2) is 6.10 Å². The molecule has 7 nitrogen and oxygen atoms in total. The van der Waals surface area contributed by atoms with E-state index in [4.69, 9.17) is 9.47 Å². The van der Waals surface area contributed by atoms with E-state index in [0.717, 1.165) is 6.26 Å². The Balaban J connectivity index is 1.87. The third kappa shape index (κ3) is 3.53. The highest BCUT2D eigenvalue weighted by atomic mass is 32.2. The minimum Gasteiger partial charge on any atom is -0.495 e. The van der Waals surface area contributed by atoms with Crippen LogP contribution < -0.4 is 19.1 Å². The molecule has 0 saturated heterocycles. The average molecular weight is 362 g/mol. The lowest BCUT2D eigenvalue weighted by atomic mass is 10.2. The lowest BCUT2D eigenvalue weighted by Crippen LogP contribution is -2.48. The maximum atomic E-state index is 12.6. The summed E-state index contributed by atoms with van der Waals surface area (Å²) in [7, 11) is -2.04. The van der Waals surface area contributed by atoms with Crippen LogP contribution in [0, 0.1) is 0 Å². The largest absolute Gasteiger partial charge is 0.495 e. The second kappa shape index (κ2) is 6.64. The summed E-state index contributed by atoms with van der Waals surface area (Å²) in [5, 5.41) is 2.72. The summed E-state index contributed by atoms with van der Waals surface area (Å²) in [4.78, 5) is 12.6. The fourth-order valence-electron chi connectivity index (χ4n) is 2.61. The number of methoxy groups -OCH3 is 1. The minimum absolute atomic E-state index is 0.100. The van der Waals surface area contributed by atoms with Gasteiger partial charge in [-0.05, 0) is 24.3 Å². The number of hydrogen-bond donors (Lipinski definition) is 1. The van der Waals surface area contributed by atoms with Crippen molar-refractivity contribution in [3.05, 3.63) is 48.5 Å². The summed E-state index contributed by atoms with van der Waals surface area (Å²) in [5.41, 5.74) is 0.912. The Morgan fingerprint density at radius 2 is 1.88 bits per heavy atom. The fraction of sp³-hybridized carbons (Fsp3) is 0.235. The van der Waals surface area contributed by atoms with Crippen molar-refractivity contribution >= 4 is 27.3 Å². The van der Waals surface area contributed by atoms with Crippen LogP contribution in [0.25, 0.3) is 0 Å². The first-order chi connectivity index (χ1) is 11.9. The van der Waals surface area contributed by atoms with Gasteiger partial charge in [-0.25, -0.2) is 8.42 Å². The molecule has 0 fully saturated rings. The highest BCUT2D eigenvalue weighted by molar-refractivity contribution is 7.92. The number of hydrogen-bond acceptors (Lipinski definition) is 5. The van der Waals surface area contributed by atoms with Crippen molar-refractivity contribution in [3.63, 3.8) is 0 Å². The molecule has 2 aromatic carbocycles. The van der Waals surface area contributed by atoms with Crippen molar-refractivity contribution in [2.75, 3.05) is 29.5 Å². The molecule has 1 amide bonds. The molecule has 1 heterocycles. The number of sulfonamides is 1. The van der Waals surface area contributed by atoms with Crippen LogP contribution >= 0.6 is 0 Å². The molecule has 25 heavy (non-hydrogen) atoms. The van der Waals surface area contributed by atoms with E-state index in [1.807, 2.05) is 0 Å². The zero-order valence-corrected chi connectivity index (χ0v) is 14.6. The van der Waals surface area contributed by atoms with Gasteiger partial charge in [0.2, 0.25) is 10.0 Å². The first-order valence-electron chi connectivity index (χ1n) is 7.57. The molecule has 0 saturated carbocycles. The molecular weight excluding hydrogens is 344 g/mol. The Hall–Kier alpha value is -2.74. The van der Waals surface area contributed by atoms with Gasteiger partial charge >= 0.3 is 0 Å². The fourth-order valence-corrected chi connectivity index (χ4v) is 3.53. The Morgan fingerprint density at radius 1 is 1.20 bits per heavy atom. The molecular formula is C17H18N2O5S. The molecule has 2 aromatic rings. The predicted octanol–water partition coefficient (Wildman–Crippen LogP) is 1.86. The number of ether oxygens (including phenoxy) is 2. The standard InChI is InChI=1S/C17H18N2O5S/c1-23-14-9-5-3-7-12(14)18-17(20)16-11-19(25(2,21)22)13-8-4-6-10-15(13)24-16/h3-10,16H,11H2,1-2H3,(H,18,20). The van der Waals surface area contributed by atoms with Crippen molar-refractivity contribution < 1.29 is 22.7 Å². The van der Waals surface area contributed by atoms with Crippen molar-refractivity contribution in [1.29, 1.82) is 0 Å². The quantitative estimate of drug-likeness (QED) is 0.897. The summed E-state index contributed by atoms with van der Waals surface area (Å²) in [5.74, 6) is 0.402. The number of rotatable bonds is 4. The lowest BCUT2D eigenvalue weighted by Gasteiger charge is -2.33. The molecule has 1 N–H and O–H groups in total. The van der Waals surface area contributed by atoms with Gasteiger partial charge in [0, 0.05) is 0 Å². The second-order valence-corrected chi connectivity index (χ2v) is 7.46. The summed E-state index contributed by atoms with van der Waals surface area (Å²) in [6.45, 7) is -0.100. The summed E-state index contributed by atoms with van der Waals surface area (Å²) >= 11 is 0. The Kier molecular flexibility index (Phi) is 4.54. The third-order valence-corrected chi connectivity index (χ3v) is 4.94. The van der Waals surface area contributed by atoms with E-state index in [1.165, 1.54) is 11.4 Å². The van der Waals surface area contributed by atoms with Crippen molar-refractivity contribution in [2.45, 2.75) is 6.10 Å². The van der Waals surface area contributed by atoms with Crippen LogP contribution in [0.5, 0.6) is 11.5 Å². The van der Waals surface area contributed by atoms with Gasteiger partial charge in [-0.2, -0.15) is 0 Å². The van der Waals surface area contributed by atoms with Crippen molar-refractivity contribution in [2.24, 2.45) is 0 Å². The molecule has 0 spiro atoms. The van der Waals surface area contributed by atoms with E-state index < -0.39 is 22.0 Å². The highest BCUT2D eigenvalue weighted by Crippen LogP contribution is 2.35.